The summed E-state index contributed by atoms with van der Waals surface area (Å²) in [6.45, 7) is 2.23. The topological polar surface area (TPSA) is 49.9 Å². The van der Waals surface area contributed by atoms with E-state index in [-0.39, 0.29) is 16.7 Å². The molecule has 0 aliphatic carbocycles. The zero-order valence-electron chi connectivity index (χ0n) is 13.7. The highest BCUT2D eigenvalue weighted by Crippen LogP contribution is 2.44. The number of hydrogen-bond acceptors (Lipinski definition) is 4. The van der Waals surface area contributed by atoms with Crippen molar-refractivity contribution < 1.29 is 18.7 Å². The summed E-state index contributed by atoms with van der Waals surface area (Å²) in [5.74, 6) is 0.0720. The maximum Gasteiger partial charge on any atom is 0.253 e. The lowest BCUT2D eigenvalue weighted by Gasteiger charge is -2.44. The third kappa shape index (κ3) is 3.28. The number of hydrogen-bond donors (Lipinski definition) is 0. The Kier molecular flexibility index (Phi) is 5.10. The zero-order valence-corrected chi connectivity index (χ0v) is 14.5. The molecule has 0 bridgehead atoms. The van der Waals surface area contributed by atoms with Crippen LogP contribution in [0.2, 0.25) is 0 Å². The number of carbonyl (C=O) groups excluding carboxylic acids is 2. The van der Waals surface area contributed by atoms with Crippen LogP contribution < -0.4 is 0 Å². The van der Waals surface area contributed by atoms with Gasteiger partial charge in [-0.3, -0.25) is 9.59 Å². The summed E-state index contributed by atoms with van der Waals surface area (Å²) in [7, 11) is 1.63. The van der Waals surface area contributed by atoms with Crippen molar-refractivity contribution in [2.75, 3.05) is 39.1 Å². The monoisotopic (exact) mass is 352 g/mol. The van der Waals surface area contributed by atoms with Gasteiger partial charge in [0.25, 0.3) is 5.91 Å². The van der Waals surface area contributed by atoms with Gasteiger partial charge >= 0.3 is 0 Å². The van der Waals surface area contributed by atoms with E-state index in [1.807, 2.05) is 4.90 Å². The normalized spacial score (nSPS) is 20.0. The summed E-state index contributed by atoms with van der Waals surface area (Å²) >= 11 is 1.67. The van der Waals surface area contributed by atoms with E-state index in [9.17, 15) is 14.0 Å². The van der Waals surface area contributed by atoms with E-state index in [4.69, 9.17) is 4.74 Å². The minimum absolute atomic E-state index is 0.141. The molecule has 0 unspecified atom stereocenters. The van der Waals surface area contributed by atoms with Gasteiger partial charge in [0.1, 0.15) is 5.82 Å². The molecule has 130 valence electrons. The van der Waals surface area contributed by atoms with Crippen LogP contribution in [-0.2, 0) is 9.53 Å². The van der Waals surface area contributed by atoms with Crippen LogP contribution in [0.25, 0.3) is 0 Å². The fraction of sp³-hybridized carbons (Fsp3) is 0.529. The number of piperidine rings is 1. The van der Waals surface area contributed by atoms with Crippen LogP contribution in [0.15, 0.2) is 24.3 Å². The Hall–Kier alpha value is -1.60. The van der Waals surface area contributed by atoms with Gasteiger partial charge in [-0.15, -0.1) is 11.8 Å². The van der Waals surface area contributed by atoms with Crippen molar-refractivity contribution in [1.29, 1.82) is 0 Å². The molecule has 1 aromatic carbocycles. The molecule has 7 heteroatoms. The zero-order chi connectivity index (χ0) is 17.2. The Balaban J connectivity index is 1.66. The van der Waals surface area contributed by atoms with E-state index < -0.39 is 5.82 Å². The molecule has 0 atom stereocenters. The van der Waals surface area contributed by atoms with Gasteiger partial charge in [-0.1, -0.05) is 6.07 Å². The summed E-state index contributed by atoms with van der Waals surface area (Å²) in [5, 5.41) is 0. The standard InChI is InChI=1S/C17H21FN2O3S/c1-23-10-9-20-15(21)12-24-17(20)5-7-19(8-6-17)16(22)13-3-2-4-14(18)11-13/h2-4,11H,5-10,12H2,1H3. The average molecular weight is 352 g/mol. The number of methoxy groups -OCH3 is 1. The molecule has 0 aromatic heterocycles. The van der Waals surface area contributed by atoms with Crippen LogP contribution in [0.3, 0.4) is 0 Å². The number of nitrogens with zero attached hydrogens (tertiary/aromatic N) is 2. The molecule has 2 aliphatic rings. The summed E-state index contributed by atoms with van der Waals surface area (Å²) in [6.07, 6.45) is 1.46. The number of rotatable bonds is 4. The molecule has 2 saturated heterocycles. The molecule has 0 N–H and O–H groups in total. The van der Waals surface area contributed by atoms with Gasteiger partial charge in [0.15, 0.2) is 0 Å². The van der Waals surface area contributed by atoms with E-state index in [0.29, 0.717) is 37.6 Å². The summed E-state index contributed by atoms with van der Waals surface area (Å²) in [4.78, 5) is 28.1. The van der Waals surface area contributed by atoms with Crippen LogP contribution in [0, 0.1) is 5.82 Å². The smallest absolute Gasteiger partial charge is 0.253 e. The minimum atomic E-state index is -0.406. The Labute approximate surface area is 145 Å². The molecule has 2 fully saturated rings. The first-order valence-electron chi connectivity index (χ1n) is 8.04. The van der Waals surface area contributed by atoms with Crippen molar-refractivity contribution in [1.82, 2.24) is 9.80 Å². The number of likely N-dealkylation sites (tertiary alicyclic amines) is 1. The molecule has 24 heavy (non-hydrogen) atoms. The van der Waals surface area contributed by atoms with Gasteiger partial charge in [0, 0.05) is 32.3 Å². The number of thioether (sulfide) groups is 1. The van der Waals surface area contributed by atoms with E-state index in [2.05, 4.69) is 0 Å². The maximum absolute atomic E-state index is 13.3. The summed E-state index contributed by atoms with van der Waals surface area (Å²) in [6, 6.07) is 5.78. The summed E-state index contributed by atoms with van der Waals surface area (Å²) < 4.78 is 18.4. The first-order valence-corrected chi connectivity index (χ1v) is 9.02. The fourth-order valence-electron chi connectivity index (χ4n) is 3.37. The molecule has 0 radical (unpaired) electrons. The number of carbonyl (C=O) groups is 2. The lowest BCUT2D eigenvalue weighted by atomic mass is 10.0. The van der Waals surface area contributed by atoms with Crippen LogP contribution in [0.5, 0.6) is 0 Å². The second-order valence-corrected chi connectivity index (χ2v) is 7.41. The van der Waals surface area contributed by atoms with Gasteiger partial charge in [-0.25, -0.2) is 4.39 Å². The first-order chi connectivity index (χ1) is 11.6. The fourth-order valence-corrected chi connectivity index (χ4v) is 4.74. The predicted octanol–water partition coefficient (Wildman–Crippen LogP) is 1.98. The molecule has 2 heterocycles. The highest BCUT2D eigenvalue weighted by molar-refractivity contribution is 8.01. The average Bonchev–Trinajstić information content (AvgIpc) is 2.89. The predicted molar refractivity (Wildman–Crippen MR) is 90.3 cm³/mol. The largest absolute Gasteiger partial charge is 0.383 e. The van der Waals surface area contributed by atoms with Gasteiger partial charge in [0.05, 0.1) is 17.2 Å². The van der Waals surface area contributed by atoms with Crippen molar-refractivity contribution in [2.24, 2.45) is 0 Å². The van der Waals surface area contributed by atoms with Crippen LogP contribution >= 0.6 is 11.8 Å². The van der Waals surface area contributed by atoms with Crippen molar-refractivity contribution in [3.8, 4) is 0 Å². The van der Waals surface area contributed by atoms with Gasteiger partial charge in [0.2, 0.25) is 5.91 Å². The lowest BCUT2D eigenvalue weighted by molar-refractivity contribution is -0.131. The Morgan fingerprint density at radius 2 is 2.12 bits per heavy atom. The number of amides is 2. The van der Waals surface area contributed by atoms with E-state index in [0.717, 1.165) is 12.8 Å². The number of ether oxygens (including phenoxy) is 1. The Bertz CT molecular complexity index is 632. The quantitative estimate of drug-likeness (QED) is 0.831. The molecule has 2 aliphatic heterocycles. The molecule has 1 aromatic rings. The number of halogens is 1. The second-order valence-electron chi connectivity index (χ2n) is 6.08. The van der Waals surface area contributed by atoms with E-state index in [1.54, 1.807) is 35.9 Å². The third-order valence-corrected chi connectivity index (χ3v) is 6.24. The van der Waals surface area contributed by atoms with E-state index >= 15 is 0 Å². The van der Waals surface area contributed by atoms with Crippen LogP contribution in [0.1, 0.15) is 23.2 Å². The summed E-state index contributed by atoms with van der Waals surface area (Å²) in [5.41, 5.74) is 0.373. The lowest BCUT2D eigenvalue weighted by Crippen LogP contribution is -2.53. The molecule has 2 amide bonds. The molecule has 5 nitrogen and oxygen atoms in total. The van der Waals surface area contributed by atoms with Crippen molar-refractivity contribution >= 4 is 23.6 Å². The van der Waals surface area contributed by atoms with Crippen LogP contribution in [-0.4, -0.2) is 65.6 Å². The Morgan fingerprint density at radius 1 is 1.38 bits per heavy atom. The SMILES string of the molecule is COCCN1C(=O)CSC12CCN(C(=O)c1cccc(F)c1)CC2. The minimum Gasteiger partial charge on any atom is -0.383 e. The van der Waals surface area contributed by atoms with Crippen molar-refractivity contribution in [3.63, 3.8) is 0 Å². The Morgan fingerprint density at radius 3 is 2.79 bits per heavy atom. The highest BCUT2D eigenvalue weighted by Gasteiger charge is 2.48. The molecular weight excluding hydrogens is 331 g/mol. The van der Waals surface area contributed by atoms with Crippen molar-refractivity contribution in [2.45, 2.75) is 17.7 Å². The third-order valence-electron chi connectivity index (χ3n) is 4.68. The molecule has 1 spiro atoms. The second kappa shape index (κ2) is 7.11. The van der Waals surface area contributed by atoms with Crippen LogP contribution in [0.4, 0.5) is 4.39 Å². The van der Waals surface area contributed by atoms with Gasteiger partial charge in [-0.05, 0) is 31.0 Å². The first kappa shape index (κ1) is 17.2. The molecule has 0 saturated carbocycles. The number of benzene rings is 1. The van der Waals surface area contributed by atoms with Crippen molar-refractivity contribution in [3.05, 3.63) is 35.6 Å². The van der Waals surface area contributed by atoms with Gasteiger partial charge < -0.3 is 14.5 Å². The molecule has 3 rings (SSSR count). The molecular formula is C17H21FN2O3S. The highest BCUT2D eigenvalue weighted by atomic mass is 32.2. The van der Waals surface area contributed by atoms with Gasteiger partial charge in [-0.2, -0.15) is 0 Å². The maximum atomic E-state index is 13.3. The van der Waals surface area contributed by atoms with E-state index in [1.165, 1.54) is 12.1 Å².